The third-order valence-electron chi connectivity index (χ3n) is 3.18. The molecular weight excluding hydrogens is 351 g/mol. The number of carbonyl (C=O) groups is 1. The Labute approximate surface area is 146 Å². The molecule has 0 radical (unpaired) electrons. The zero-order valence-electron chi connectivity index (χ0n) is 12.1. The van der Waals surface area contributed by atoms with Gasteiger partial charge in [-0.15, -0.1) is 0 Å². The topological polar surface area (TPSA) is 87.2 Å². The molecule has 0 aliphatic rings. The van der Waals surface area contributed by atoms with Crippen LogP contribution in [0.3, 0.4) is 0 Å². The van der Waals surface area contributed by atoms with Crippen LogP contribution < -0.4 is 11.0 Å². The smallest absolute Gasteiger partial charge is 0.302 e. The first-order chi connectivity index (χ1) is 11.6. The molecule has 0 saturated heterocycles. The second-order valence-electron chi connectivity index (χ2n) is 4.77. The fourth-order valence-electron chi connectivity index (χ4n) is 2.03. The SMILES string of the molecule is O=C(N/N=C\c1cccc(Cl)c1Cl)c1nc2ccccc2c(=O)[nH]1. The number of aromatic nitrogens is 2. The summed E-state index contributed by atoms with van der Waals surface area (Å²) in [6.07, 6.45) is 1.35. The molecule has 0 fully saturated rings. The molecule has 3 aromatic rings. The summed E-state index contributed by atoms with van der Waals surface area (Å²) < 4.78 is 0. The largest absolute Gasteiger partial charge is 0.307 e. The van der Waals surface area contributed by atoms with Crippen molar-refractivity contribution in [3.8, 4) is 0 Å². The van der Waals surface area contributed by atoms with Crippen LogP contribution in [0.5, 0.6) is 0 Å². The van der Waals surface area contributed by atoms with Crippen LogP contribution in [0.15, 0.2) is 52.4 Å². The highest BCUT2D eigenvalue weighted by Crippen LogP contribution is 2.24. The lowest BCUT2D eigenvalue weighted by atomic mass is 10.2. The molecule has 2 N–H and O–H groups in total. The second-order valence-corrected chi connectivity index (χ2v) is 5.56. The summed E-state index contributed by atoms with van der Waals surface area (Å²) >= 11 is 11.9. The van der Waals surface area contributed by atoms with E-state index in [0.29, 0.717) is 26.5 Å². The number of nitrogens with one attached hydrogen (secondary N) is 2. The van der Waals surface area contributed by atoms with E-state index < -0.39 is 11.5 Å². The molecule has 3 rings (SSSR count). The summed E-state index contributed by atoms with van der Waals surface area (Å²) in [5, 5.41) is 4.92. The Bertz CT molecular complexity index is 1010. The first-order valence-corrected chi connectivity index (χ1v) is 7.58. The lowest BCUT2D eigenvalue weighted by Gasteiger charge is -2.02. The standard InChI is InChI=1S/C16H10Cl2N4O2/c17-11-6-3-4-9(13(11)18)8-19-22-16(24)14-20-12-7-2-1-5-10(12)15(23)21-14/h1-8H,(H,22,24)(H,20,21,23)/b19-8-. The van der Waals surface area contributed by atoms with Crippen molar-refractivity contribution in [3.05, 3.63) is 74.3 Å². The minimum Gasteiger partial charge on any atom is -0.302 e. The molecule has 120 valence electrons. The predicted molar refractivity (Wildman–Crippen MR) is 93.9 cm³/mol. The Balaban J connectivity index is 1.81. The van der Waals surface area contributed by atoms with Gasteiger partial charge < -0.3 is 4.98 Å². The number of para-hydroxylation sites is 1. The van der Waals surface area contributed by atoms with E-state index in [1.165, 1.54) is 6.21 Å². The first-order valence-electron chi connectivity index (χ1n) is 6.83. The zero-order chi connectivity index (χ0) is 17.1. The van der Waals surface area contributed by atoms with Gasteiger partial charge in [0.05, 0.1) is 27.2 Å². The predicted octanol–water partition coefficient (Wildman–Crippen LogP) is 2.99. The number of benzene rings is 2. The number of hydrazone groups is 1. The van der Waals surface area contributed by atoms with Gasteiger partial charge in [0.15, 0.2) is 0 Å². The number of carbonyl (C=O) groups excluding carboxylic acids is 1. The monoisotopic (exact) mass is 360 g/mol. The van der Waals surface area contributed by atoms with E-state index in [2.05, 4.69) is 20.5 Å². The maximum absolute atomic E-state index is 12.1. The highest BCUT2D eigenvalue weighted by atomic mass is 35.5. The van der Waals surface area contributed by atoms with Crippen LogP contribution >= 0.6 is 23.2 Å². The Kier molecular flexibility index (Phi) is 4.59. The van der Waals surface area contributed by atoms with Crippen LogP contribution in [0.1, 0.15) is 16.2 Å². The van der Waals surface area contributed by atoms with Gasteiger partial charge in [0.2, 0.25) is 5.82 Å². The van der Waals surface area contributed by atoms with Crippen molar-refractivity contribution in [2.75, 3.05) is 0 Å². The van der Waals surface area contributed by atoms with Gasteiger partial charge in [-0.1, -0.05) is 47.5 Å². The van der Waals surface area contributed by atoms with Crippen LogP contribution in [0, 0.1) is 0 Å². The number of halogens is 2. The van der Waals surface area contributed by atoms with Gasteiger partial charge in [-0.05, 0) is 18.2 Å². The first kappa shape index (κ1) is 16.2. The molecule has 24 heavy (non-hydrogen) atoms. The van der Waals surface area contributed by atoms with Gasteiger partial charge in [0.1, 0.15) is 0 Å². The summed E-state index contributed by atoms with van der Waals surface area (Å²) in [5.41, 5.74) is 2.86. The molecule has 0 atom stereocenters. The Hall–Kier alpha value is -2.70. The average molecular weight is 361 g/mol. The number of nitrogens with zero attached hydrogens (tertiary/aromatic N) is 2. The quantitative estimate of drug-likeness (QED) is 0.555. The Morgan fingerprint density at radius 3 is 2.79 bits per heavy atom. The summed E-state index contributed by atoms with van der Waals surface area (Å²) in [6.45, 7) is 0. The number of fused-ring (bicyclic) bond motifs is 1. The van der Waals surface area contributed by atoms with Gasteiger partial charge in [-0.25, -0.2) is 10.4 Å². The van der Waals surface area contributed by atoms with E-state index >= 15 is 0 Å². The summed E-state index contributed by atoms with van der Waals surface area (Å²) in [4.78, 5) is 30.5. The molecule has 0 aliphatic carbocycles. The van der Waals surface area contributed by atoms with E-state index in [4.69, 9.17) is 23.2 Å². The molecule has 8 heteroatoms. The van der Waals surface area contributed by atoms with Gasteiger partial charge in [-0.3, -0.25) is 9.59 Å². The Morgan fingerprint density at radius 2 is 1.96 bits per heavy atom. The van der Waals surface area contributed by atoms with Crippen LogP contribution in [0.25, 0.3) is 10.9 Å². The molecule has 2 aromatic carbocycles. The molecule has 1 amide bonds. The normalized spacial score (nSPS) is 11.1. The van der Waals surface area contributed by atoms with Crippen LogP contribution in [0.4, 0.5) is 0 Å². The Morgan fingerprint density at radius 1 is 1.17 bits per heavy atom. The fraction of sp³-hybridized carbons (Fsp3) is 0. The number of H-pyrrole nitrogens is 1. The summed E-state index contributed by atoms with van der Waals surface area (Å²) in [6, 6.07) is 11.8. The van der Waals surface area contributed by atoms with Crippen molar-refractivity contribution < 1.29 is 4.79 Å². The molecule has 1 heterocycles. The van der Waals surface area contributed by atoms with Crippen molar-refractivity contribution in [1.82, 2.24) is 15.4 Å². The molecule has 0 bridgehead atoms. The summed E-state index contributed by atoms with van der Waals surface area (Å²) in [7, 11) is 0. The van der Waals surface area contributed by atoms with Crippen LogP contribution in [-0.2, 0) is 0 Å². The van der Waals surface area contributed by atoms with Crippen molar-refractivity contribution in [2.45, 2.75) is 0 Å². The van der Waals surface area contributed by atoms with E-state index in [1.54, 1.807) is 42.5 Å². The maximum Gasteiger partial charge on any atom is 0.307 e. The molecule has 0 spiro atoms. The maximum atomic E-state index is 12.1. The number of hydrogen-bond donors (Lipinski definition) is 2. The van der Waals surface area contributed by atoms with E-state index in [-0.39, 0.29) is 5.82 Å². The van der Waals surface area contributed by atoms with Gasteiger partial charge in [-0.2, -0.15) is 5.10 Å². The third-order valence-corrected chi connectivity index (χ3v) is 4.01. The van der Waals surface area contributed by atoms with Gasteiger partial charge in [0.25, 0.3) is 5.56 Å². The van der Waals surface area contributed by atoms with Gasteiger partial charge in [0, 0.05) is 5.56 Å². The van der Waals surface area contributed by atoms with E-state index in [9.17, 15) is 9.59 Å². The minimum absolute atomic E-state index is 0.131. The number of rotatable bonds is 3. The number of amides is 1. The fourth-order valence-corrected chi connectivity index (χ4v) is 2.38. The van der Waals surface area contributed by atoms with Crippen LogP contribution in [-0.4, -0.2) is 22.1 Å². The highest BCUT2D eigenvalue weighted by Gasteiger charge is 2.10. The summed E-state index contributed by atoms with van der Waals surface area (Å²) in [5.74, 6) is -0.778. The van der Waals surface area contributed by atoms with Crippen molar-refractivity contribution in [3.63, 3.8) is 0 Å². The van der Waals surface area contributed by atoms with Crippen molar-refractivity contribution in [2.24, 2.45) is 5.10 Å². The van der Waals surface area contributed by atoms with E-state index in [1.807, 2.05) is 0 Å². The molecule has 0 aliphatic heterocycles. The zero-order valence-corrected chi connectivity index (χ0v) is 13.6. The van der Waals surface area contributed by atoms with E-state index in [0.717, 1.165) is 0 Å². The third kappa shape index (κ3) is 3.29. The second kappa shape index (κ2) is 6.82. The molecular formula is C16H10Cl2N4O2. The molecule has 6 nitrogen and oxygen atoms in total. The average Bonchev–Trinajstić information content (AvgIpc) is 2.58. The highest BCUT2D eigenvalue weighted by molar-refractivity contribution is 6.43. The van der Waals surface area contributed by atoms with Crippen LogP contribution in [0.2, 0.25) is 10.0 Å². The molecule has 0 unspecified atom stereocenters. The van der Waals surface area contributed by atoms with Crippen molar-refractivity contribution in [1.29, 1.82) is 0 Å². The lowest BCUT2D eigenvalue weighted by molar-refractivity contribution is 0.0945. The number of hydrogen-bond acceptors (Lipinski definition) is 4. The molecule has 0 saturated carbocycles. The van der Waals surface area contributed by atoms with Crippen molar-refractivity contribution >= 4 is 46.2 Å². The minimum atomic E-state index is -0.646. The molecule has 1 aromatic heterocycles. The lowest BCUT2D eigenvalue weighted by Crippen LogP contribution is -2.24. The van der Waals surface area contributed by atoms with Gasteiger partial charge >= 0.3 is 5.91 Å². The number of aromatic amines is 1.